The molecule has 3 aromatic rings. The molecule has 4 rings (SSSR count). The number of fused-ring (bicyclic) bond motifs is 2. The fourth-order valence-electron chi connectivity index (χ4n) is 3.43. The molecule has 1 amide bonds. The van der Waals surface area contributed by atoms with Crippen molar-refractivity contribution in [2.45, 2.75) is 13.8 Å². The number of aryl methyl sites for hydroxylation is 2. The van der Waals surface area contributed by atoms with Gasteiger partial charge in [0.25, 0.3) is 5.91 Å². The van der Waals surface area contributed by atoms with Crippen molar-refractivity contribution in [3.63, 3.8) is 0 Å². The number of ether oxygens (including phenoxy) is 2. The highest BCUT2D eigenvalue weighted by Gasteiger charge is 2.24. The number of hydrogen-bond donors (Lipinski definition) is 1. The number of thiazole rings is 1. The lowest BCUT2D eigenvalue weighted by Crippen LogP contribution is -3.06. The molecule has 0 atom stereocenters. The maximum Gasteiger partial charge on any atom is 0.260 e. The summed E-state index contributed by atoms with van der Waals surface area (Å²) in [6.07, 6.45) is 0. The van der Waals surface area contributed by atoms with Gasteiger partial charge in [0.15, 0.2) is 16.6 Å². The van der Waals surface area contributed by atoms with Crippen molar-refractivity contribution in [2.24, 2.45) is 0 Å². The van der Waals surface area contributed by atoms with Crippen molar-refractivity contribution < 1.29 is 19.2 Å². The van der Waals surface area contributed by atoms with Crippen LogP contribution in [0.25, 0.3) is 10.2 Å². The van der Waals surface area contributed by atoms with E-state index in [9.17, 15) is 4.79 Å². The van der Waals surface area contributed by atoms with E-state index in [-0.39, 0.29) is 5.91 Å². The third kappa shape index (κ3) is 4.06. The van der Waals surface area contributed by atoms with Crippen molar-refractivity contribution >= 4 is 32.6 Å². The highest BCUT2D eigenvalue weighted by Crippen LogP contribution is 2.34. The van der Waals surface area contributed by atoms with E-state index in [1.54, 1.807) is 28.4 Å². The van der Waals surface area contributed by atoms with Crippen molar-refractivity contribution in [1.82, 2.24) is 4.98 Å². The van der Waals surface area contributed by atoms with Gasteiger partial charge in [-0.15, -0.1) is 0 Å². The van der Waals surface area contributed by atoms with Crippen LogP contribution in [0.3, 0.4) is 0 Å². The SMILES string of the molecule is Cc1cc(C)c2nc(N(CC[NH+](C)C)C(=O)c3ccc4c(c3)OCCO4)sc2c1. The number of likely N-dealkylation sites (N-methyl/N-ethyl adjacent to an activating group) is 1. The monoisotopic (exact) mass is 412 g/mol. The third-order valence-electron chi connectivity index (χ3n) is 4.92. The smallest absolute Gasteiger partial charge is 0.260 e. The minimum absolute atomic E-state index is 0.0725. The first-order chi connectivity index (χ1) is 13.9. The van der Waals surface area contributed by atoms with Crippen LogP contribution in [0.5, 0.6) is 11.5 Å². The molecule has 0 bridgehead atoms. The van der Waals surface area contributed by atoms with Crippen LogP contribution in [0.1, 0.15) is 21.5 Å². The lowest BCUT2D eigenvalue weighted by atomic mass is 10.1. The van der Waals surface area contributed by atoms with Gasteiger partial charge in [-0.3, -0.25) is 9.69 Å². The standard InChI is InChI=1S/C22H25N3O3S/c1-14-11-15(2)20-19(12-14)29-22(23-20)25(8-7-24(3)4)21(26)16-5-6-17-18(13-16)28-10-9-27-17/h5-6,11-13H,7-10H2,1-4H3/p+1. The molecule has 152 valence electrons. The molecular formula is C22H26N3O3S+. The Bertz CT molecular complexity index is 1060. The number of carbonyl (C=O) groups is 1. The maximum absolute atomic E-state index is 13.5. The lowest BCUT2D eigenvalue weighted by molar-refractivity contribution is -0.856. The van der Waals surface area contributed by atoms with Gasteiger partial charge in [-0.05, 0) is 49.2 Å². The third-order valence-corrected chi connectivity index (χ3v) is 5.94. The van der Waals surface area contributed by atoms with Crippen molar-refractivity contribution in [2.75, 3.05) is 45.3 Å². The van der Waals surface area contributed by atoms with Gasteiger partial charge in [-0.25, -0.2) is 4.98 Å². The first kappa shape index (κ1) is 19.7. The number of hydrogen-bond acceptors (Lipinski definition) is 5. The van der Waals surface area contributed by atoms with Crippen LogP contribution in [0, 0.1) is 13.8 Å². The second-order valence-corrected chi connectivity index (χ2v) is 8.71. The Labute approximate surface area is 174 Å². The summed E-state index contributed by atoms with van der Waals surface area (Å²) in [6.45, 7) is 6.59. The topological polar surface area (TPSA) is 56.1 Å². The molecule has 1 aliphatic heterocycles. The van der Waals surface area contributed by atoms with Crippen LogP contribution >= 0.6 is 11.3 Å². The molecule has 1 aliphatic rings. The number of benzene rings is 2. The number of aromatic nitrogens is 1. The van der Waals surface area contributed by atoms with E-state index in [0.717, 1.165) is 27.5 Å². The van der Waals surface area contributed by atoms with Crippen LogP contribution in [0.4, 0.5) is 5.13 Å². The number of quaternary nitrogens is 1. The normalized spacial score (nSPS) is 13.1. The molecule has 1 N–H and O–H groups in total. The van der Waals surface area contributed by atoms with Gasteiger partial charge in [0.2, 0.25) is 0 Å². The summed E-state index contributed by atoms with van der Waals surface area (Å²) in [6, 6.07) is 9.64. The Kier molecular flexibility index (Phi) is 5.43. The molecule has 2 heterocycles. The molecule has 0 radical (unpaired) electrons. The van der Waals surface area contributed by atoms with Crippen molar-refractivity contribution in [1.29, 1.82) is 0 Å². The quantitative estimate of drug-likeness (QED) is 0.700. The van der Waals surface area contributed by atoms with Crippen LogP contribution in [-0.4, -0.2) is 51.3 Å². The lowest BCUT2D eigenvalue weighted by Gasteiger charge is -2.22. The predicted octanol–water partition coefficient (Wildman–Crippen LogP) is 2.48. The highest BCUT2D eigenvalue weighted by molar-refractivity contribution is 7.22. The van der Waals surface area contributed by atoms with Crippen LogP contribution in [0.15, 0.2) is 30.3 Å². The zero-order valence-electron chi connectivity index (χ0n) is 17.2. The predicted molar refractivity (Wildman–Crippen MR) is 116 cm³/mol. The Morgan fingerprint density at radius 1 is 1.14 bits per heavy atom. The van der Waals surface area contributed by atoms with Crippen LogP contribution in [-0.2, 0) is 0 Å². The molecule has 7 heteroatoms. The molecule has 1 aromatic heterocycles. The average Bonchev–Trinajstić information content (AvgIpc) is 3.11. The summed E-state index contributed by atoms with van der Waals surface area (Å²) >= 11 is 1.57. The molecule has 29 heavy (non-hydrogen) atoms. The number of nitrogens with zero attached hydrogens (tertiary/aromatic N) is 2. The van der Waals surface area contributed by atoms with Gasteiger partial charge in [-0.1, -0.05) is 17.4 Å². The van der Waals surface area contributed by atoms with E-state index < -0.39 is 0 Å². The largest absolute Gasteiger partial charge is 0.486 e. The average molecular weight is 413 g/mol. The molecule has 0 saturated carbocycles. The molecular weight excluding hydrogens is 386 g/mol. The molecule has 0 saturated heterocycles. The molecule has 0 unspecified atom stereocenters. The number of amides is 1. The van der Waals surface area contributed by atoms with E-state index >= 15 is 0 Å². The van der Waals surface area contributed by atoms with E-state index in [4.69, 9.17) is 14.5 Å². The van der Waals surface area contributed by atoms with E-state index in [2.05, 4.69) is 40.1 Å². The fraction of sp³-hybridized carbons (Fsp3) is 0.364. The Hall–Kier alpha value is -2.64. The van der Waals surface area contributed by atoms with Crippen LogP contribution in [0.2, 0.25) is 0 Å². The number of anilines is 1. The Morgan fingerprint density at radius 3 is 2.66 bits per heavy atom. The second kappa shape index (κ2) is 8.00. The van der Waals surface area contributed by atoms with Gasteiger partial charge < -0.3 is 14.4 Å². The maximum atomic E-state index is 13.5. The first-order valence-electron chi connectivity index (χ1n) is 9.80. The Balaban J connectivity index is 1.72. The van der Waals surface area contributed by atoms with E-state index in [1.807, 2.05) is 6.07 Å². The molecule has 0 fully saturated rings. The van der Waals surface area contributed by atoms with Gasteiger partial charge in [0.1, 0.15) is 13.2 Å². The van der Waals surface area contributed by atoms with Gasteiger partial charge in [-0.2, -0.15) is 0 Å². The zero-order chi connectivity index (χ0) is 20.5. The Morgan fingerprint density at radius 2 is 1.90 bits per heavy atom. The summed E-state index contributed by atoms with van der Waals surface area (Å²) in [5.74, 6) is 1.23. The zero-order valence-corrected chi connectivity index (χ0v) is 18.1. The van der Waals surface area contributed by atoms with E-state index in [1.165, 1.54) is 10.5 Å². The van der Waals surface area contributed by atoms with Crippen LogP contribution < -0.4 is 19.3 Å². The van der Waals surface area contributed by atoms with Gasteiger partial charge >= 0.3 is 0 Å². The highest BCUT2D eigenvalue weighted by atomic mass is 32.1. The summed E-state index contributed by atoms with van der Waals surface area (Å²) in [5.41, 5.74) is 3.88. The van der Waals surface area contributed by atoms with Gasteiger partial charge in [0, 0.05) is 5.56 Å². The van der Waals surface area contributed by atoms with Gasteiger partial charge in [0.05, 0.1) is 37.4 Å². The minimum Gasteiger partial charge on any atom is -0.486 e. The van der Waals surface area contributed by atoms with E-state index in [0.29, 0.717) is 36.8 Å². The summed E-state index contributed by atoms with van der Waals surface area (Å²) in [7, 11) is 4.16. The number of nitrogens with one attached hydrogen (secondary N) is 1. The minimum atomic E-state index is -0.0725. The molecule has 6 nitrogen and oxygen atoms in total. The molecule has 0 spiro atoms. The number of carbonyl (C=O) groups excluding carboxylic acids is 1. The molecule has 2 aromatic carbocycles. The summed E-state index contributed by atoms with van der Waals surface area (Å²) in [5, 5.41) is 0.731. The number of rotatable bonds is 5. The summed E-state index contributed by atoms with van der Waals surface area (Å²) in [4.78, 5) is 21.3. The second-order valence-electron chi connectivity index (χ2n) is 7.70. The molecule has 0 aliphatic carbocycles. The fourth-order valence-corrected chi connectivity index (χ4v) is 4.59. The van der Waals surface area contributed by atoms with Crippen molar-refractivity contribution in [3.8, 4) is 11.5 Å². The summed E-state index contributed by atoms with van der Waals surface area (Å²) < 4.78 is 12.4. The first-order valence-corrected chi connectivity index (χ1v) is 10.6. The van der Waals surface area contributed by atoms with Crippen molar-refractivity contribution in [3.05, 3.63) is 47.0 Å².